The molecular weight excluding hydrogens is 180 g/mol. The van der Waals surface area contributed by atoms with E-state index in [4.69, 9.17) is 0 Å². The number of hydrogen-bond donors (Lipinski definition) is 0. The molecule has 1 rings (SSSR count). The summed E-state index contributed by atoms with van der Waals surface area (Å²) in [6, 6.07) is 3.97. The van der Waals surface area contributed by atoms with Crippen LogP contribution in [0, 0.1) is 0 Å². The van der Waals surface area contributed by atoms with Gasteiger partial charge < -0.3 is 0 Å². The molecule has 1 aromatic rings. The van der Waals surface area contributed by atoms with Crippen molar-refractivity contribution in [3.63, 3.8) is 0 Å². The van der Waals surface area contributed by atoms with E-state index >= 15 is 0 Å². The normalized spacial score (nSPS) is 9.92. The standard InChI is InChI=1S/C11H14OS/c1-3-9(2)7-10(12)8-11-5-4-6-13-11/h4-6H,2-3,7-8H2,1H3. The zero-order valence-corrected chi connectivity index (χ0v) is 8.69. The number of allylic oxidation sites excluding steroid dienone is 1. The largest absolute Gasteiger partial charge is 0.299 e. The van der Waals surface area contributed by atoms with Gasteiger partial charge in [-0.05, 0) is 17.9 Å². The molecule has 0 N–H and O–H groups in total. The lowest BCUT2D eigenvalue weighted by Crippen LogP contribution is -2.01. The van der Waals surface area contributed by atoms with Gasteiger partial charge in [0.25, 0.3) is 0 Å². The highest BCUT2D eigenvalue weighted by atomic mass is 32.1. The van der Waals surface area contributed by atoms with Crippen LogP contribution < -0.4 is 0 Å². The first-order valence-corrected chi connectivity index (χ1v) is 5.31. The van der Waals surface area contributed by atoms with Gasteiger partial charge in [-0.1, -0.05) is 25.1 Å². The minimum Gasteiger partial charge on any atom is -0.299 e. The molecule has 0 saturated heterocycles. The second kappa shape index (κ2) is 4.97. The smallest absolute Gasteiger partial charge is 0.142 e. The third-order valence-corrected chi connectivity index (χ3v) is 2.78. The van der Waals surface area contributed by atoms with Crippen molar-refractivity contribution >= 4 is 17.1 Å². The highest BCUT2D eigenvalue weighted by Gasteiger charge is 2.05. The van der Waals surface area contributed by atoms with Gasteiger partial charge in [0, 0.05) is 17.7 Å². The monoisotopic (exact) mass is 194 g/mol. The Balaban J connectivity index is 2.38. The summed E-state index contributed by atoms with van der Waals surface area (Å²) < 4.78 is 0. The molecule has 0 radical (unpaired) electrons. The van der Waals surface area contributed by atoms with Crippen LogP contribution in [0.2, 0.25) is 0 Å². The van der Waals surface area contributed by atoms with Gasteiger partial charge in [0.1, 0.15) is 5.78 Å². The van der Waals surface area contributed by atoms with Crippen molar-refractivity contribution in [2.24, 2.45) is 0 Å². The summed E-state index contributed by atoms with van der Waals surface area (Å²) in [6.45, 7) is 5.85. The Hall–Kier alpha value is -0.890. The SMILES string of the molecule is C=C(CC)CC(=O)Cc1cccs1. The van der Waals surface area contributed by atoms with Crippen molar-refractivity contribution in [1.82, 2.24) is 0 Å². The van der Waals surface area contributed by atoms with Crippen molar-refractivity contribution in [2.75, 3.05) is 0 Å². The first kappa shape index (κ1) is 10.2. The highest BCUT2D eigenvalue weighted by Crippen LogP contribution is 2.12. The Bertz CT molecular complexity index is 285. The number of rotatable bonds is 5. The molecule has 13 heavy (non-hydrogen) atoms. The maximum absolute atomic E-state index is 11.4. The molecule has 0 aliphatic carbocycles. The Kier molecular flexibility index (Phi) is 3.90. The van der Waals surface area contributed by atoms with E-state index in [0.29, 0.717) is 12.8 Å². The lowest BCUT2D eigenvalue weighted by molar-refractivity contribution is -0.117. The third kappa shape index (κ3) is 3.55. The van der Waals surface area contributed by atoms with E-state index in [9.17, 15) is 4.79 Å². The topological polar surface area (TPSA) is 17.1 Å². The van der Waals surface area contributed by atoms with Crippen molar-refractivity contribution < 1.29 is 4.79 Å². The van der Waals surface area contributed by atoms with E-state index < -0.39 is 0 Å². The first-order valence-electron chi connectivity index (χ1n) is 4.43. The van der Waals surface area contributed by atoms with E-state index in [1.807, 2.05) is 24.4 Å². The number of hydrogen-bond acceptors (Lipinski definition) is 2. The summed E-state index contributed by atoms with van der Waals surface area (Å²) in [4.78, 5) is 12.6. The molecule has 1 nitrogen and oxygen atoms in total. The highest BCUT2D eigenvalue weighted by molar-refractivity contribution is 7.10. The Morgan fingerprint density at radius 3 is 2.92 bits per heavy atom. The molecule has 2 heteroatoms. The molecule has 0 aliphatic rings. The van der Waals surface area contributed by atoms with E-state index in [2.05, 4.69) is 6.58 Å². The fourth-order valence-electron chi connectivity index (χ4n) is 1.07. The Labute approximate surface area is 83.1 Å². The van der Waals surface area contributed by atoms with Crippen LogP contribution in [-0.4, -0.2) is 5.78 Å². The molecule has 0 bridgehead atoms. The molecule has 1 aromatic heterocycles. The van der Waals surface area contributed by atoms with Crippen LogP contribution in [0.4, 0.5) is 0 Å². The van der Waals surface area contributed by atoms with Gasteiger partial charge in [0.05, 0.1) is 0 Å². The van der Waals surface area contributed by atoms with Crippen LogP contribution in [-0.2, 0) is 11.2 Å². The van der Waals surface area contributed by atoms with Gasteiger partial charge in [-0.2, -0.15) is 0 Å². The zero-order valence-electron chi connectivity index (χ0n) is 7.88. The number of carbonyl (C=O) groups is 1. The van der Waals surface area contributed by atoms with Crippen molar-refractivity contribution in [3.05, 3.63) is 34.5 Å². The van der Waals surface area contributed by atoms with Crippen molar-refractivity contribution in [3.8, 4) is 0 Å². The van der Waals surface area contributed by atoms with Crippen LogP contribution in [0.1, 0.15) is 24.6 Å². The summed E-state index contributed by atoms with van der Waals surface area (Å²) in [6.07, 6.45) is 2.00. The summed E-state index contributed by atoms with van der Waals surface area (Å²) in [5.41, 5.74) is 1.03. The van der Waals surface area contributed by atoms with Gasteiger partial charge >= 0.3 is 0 Å². The van der Waals surface area contributed by atoms with Crippen LogP contribution >= 0.6 is 11.3 Å². The van der Waals surface area contributed by atoms with Gasteiger partial charge in [0.15, 0.2) is 0 Å². The lowest BCUT2D eigenvalue weighted by Gasteiger charge is -1.99. The molecule has 0 fully saturated rings. The molecule has 0 atom stereocenters. The fraction of sp³-hybridized carbons (Fsp3) is 0.364. The molecular formula is C11H14OS. The minimum atomic E-state index is 0.272. The summed E-state index contributed by atoms with van der Waals surface area (Å²) in [5, 5.41) is 2.00. The molecule has 0 spiro atoms. The number of thiophene rings is 1. The number of carbonyl (C=O) groups excluding carboxylic acids is 1. The molecule has 0 aromatic carbocycles. The molecule has 70 valence electrons. The van der Waals surface area contributed by atoms with Gasteiger partial charge in [-0.3, -0.25) is 4.79 Å². The van der Waals surface area contributed by atoms with E-state index in [1.54, 1.807) is 11.3 Å². The summed E-state index contributed by atoms with van der Waals surface area (Å²) in [7, 11) is 0. The first-order chi connectivity index (χ1) is 6.22. The quantitative estimate of drug-likeness (QED) is 0.658. The maximum Gasteiger partial charge on any atom is 0.142 e. The zero-order chi connectivity index (χ0) is 9.68. The predicted octanol–water partition coefficient (Wildman–Crippen LogP) is 3.22. The minimum absolute atomic E-state index is 0.272. The molecule has 0 unspecified atom stereocenters. The van der Waals surface area contributed by atoms with E-state index in [1.165, 1.54) is 0 Å². The van der Waals surface area contributed by atoms with Crippen LogP contribution in [0.5, 0.6) is 0 Å². The van der Waals surface area contributed by atoms with Gasteiger partial charge in [-0.25, -0.2) is 0 Å². The molecule has 0 aliphatic heterocycles. The maximum atomic E-state index is 11.4. The molecule has 1 heterocycles. The van der Waals surface area contributed by atoms with E-state index in [0.717, 1.165) is 16.9 Å². The van der Waals surface area contributed by atoms with Crippen molar-refractivity contribution in [1.29, 1.82) is 0 Å². The number of Topliss-reactive ketones (excluding diaryl/α,β-unsaturated/α-hetero) is 1. The Morgan fingerprint density at radius 2 is 2.38 bits per heavy atom. The fourth-order valence-corrected chi connectivity index (χ4v) is 1.81. The van der Waals surface area contributed by atoms with Crippen molar-refractivity contribution in [2.45, 2.75) is 26.2 Å². The average Bonchev–Trinajstić information content (AvgIpc) is 2.56. The van der Waals surface area contributed by atoms with E-state index in [-0.39, 0.29) is 5.78 Å². The second-order valence-corrected chi connectivity index (χ2v) is 4.11. The summed E-state index contributed by atoms with van der Waals surface area (Å²) in [5.74, 6) is 0.272. The average molecular weight is 194 g/mol. The van der Waals surface area contributed by atoms with Gasteiger partial charge in [0.2, 0.25) is 0 Å². The lowest BCUT2D eigenvalue weighted by atomic mass is 10.1. The molecule has 0 saturated carbocycles. The Morgan fingerprint density at radius 1 is 1.62 bits per heavy atom. The van der Waals surface area contributed by atoms with Crippen LogP contribution in [0.25, 0.3) is 0 Å². The summed E-state index contributed by atoms with van der Waals surface area (Å²) >= 11 is 1.64. The predicted molar refractivity (Wildman–Crippen MR) is 57.1 cm³/mol. The second-order valence-electron chi connectivity index (χ2n) is 3.08. The molecule has 0 amide bonds. The van der Waals surface area contributed by atoms with Crippen LogP contribution in [0.3, 0.4) is 0 Å². The third-order valence-electron chi connectivity index (χ3n) is 1.90. The number of ketones is 1. The van der Waals surface area contributed by atoms with Crippen LogP contribution in [0.15, 0.2) is 29.7 Å². The van der Waals surface area contributed by atoms with Gasteiger partial charge in [-0.15, -0.1) is 11.3 Å².